The number of hydrogen-bond donors (Lipinski definition) is 1. The number of nitrogens with one attached hydrogen (secondary N) is 1. The second-order valence-electron chi connectivity index (χ2n) is 4.41. The Labute approximate surface area is 111 Å². The summed E-state index contributed by atoms with van der Waals surface area (Å²) in [7, 11) is 1.99. The second-order valence-corrected chi connectivity index (χ2v) is 5.44. The van der Waals surface area contributed by atoms with E-state index < -0.39 is 0 Å². The number of fused-ring (bicyclic) bond motifs is 1. The van der Waals surface area contributed by atoms with E-state index in [1.165, 1.54) is 21.3 Å². The van der Waals surface area contributed by atoms with E-state index in [2.05, 4.69) is 57.9 Å². The summed E-state index contributed by atoms with van der Waals surface area (Å²) >= 11 is 1.81. The summed E-state index contributed by atoms with van der Waals surface area (Å²) in [5.74, 6) is 0. The van der Waals surface area contributed by atoms with Crippen molar-refractivity contribution in [1.82, 2.24) is 9.88 Å². The molecule has 18 heavy (non-hydrogen) atoms. The Balaban J connectivity index is 2.06. The zero-order chi connectivity index (χ0) is 12.4. The first-order chi connectivity index (χ1) is 8.88. The van der Waals surface area contributed by atoms with E-state index in [0.717, 1.165) is 13.1 Å². The van der Waals surface area contributed by atoms with Crippen LogP contribution in [0.4, 0.5) is 0 Å². The third kappa shape index (κ3) is 2.07. The number of para-hydroxylation sites is 1. The molecule has 0 aliphatic rings. The van der Waals surface area contributed by atoms with Crippen molar-refractivity contribution in [1.29, 1.82) is 0 Å². The van der Waals surface area contributed by atoms with Crippen molar-refractivity contribution in [2.75, 3.05) is 7.05 Å². The lowest BCUT2D eigenvalue weighted by molar-refractivity contribution is 0.801. The minimum atomic E-state index is 0.909. The third-order valence-electron chi connectivity index (χ3n) is 3.15. The standard InChI is InChI=1S/C15H16N2S/c1-16-10-13-5-2-4-12-7-8-17(15(12)13)11-14-6-3-9-18-14/h2-9,16H,10-11H2,1H3. The first-order valence-corrected chi connectivity index (χ1v) is 7.00. The molecule has 1 aromatic carbocycles. The van der Waals surface area contributed by atoms with Gasteiger partial charge in [0.15, 0.2) is 0 Å². The molecular weight excluding hydrogens is 240 g/mol. The molecule has 3 rings (SSSR count). The number of nitrogens with zero attached hydrogens (tertiary/aromatic N) is 1. The molecule has 1 N–H and O–H groups in total. The van der Waals surface area contributed by atoms with Crippen LogP contribution < -0.4 is 5.32 Å². The highest BCUT2D eigenvalue weighted by atomic mass is 32.1. The van der Waals surface area contributed by atoms with Gasteiger partial charge in [-0.3, -0.25) is 0 Å². The van der Waals surface area contributed by atoms with Gasteiger partial charge in [-0.05, 0) is 35.5 Å². The average molecular weight is 256 g/mol. The Bertz CT molecular complexity index is 638. The van der Waals surface area contributed by atoms with Gasteiger partial charge in [-0.15, -0.1) is 11.3 Å². The monoisotopic (exact) mass is 256 g/mol. The highest BCUT2D eigenvalue weighted by Crippen LogP contribution is 2.22. The SMILES string of the molecule is CNCc1cccc2ccn(Cc3cccs3)c12. The fourth-order valence-corrected chi connectivity index (χ4v) is 3.08. The summed E-state index contributed by atoms with van der Waals surface area (Å²) in [5, 5.41) is 6.69. The summed E-state index contributed by atoms with van der Waals surface area (Å²) in [5.41, 5.74) is 2.71. The van der Waals surface area contributed by atoms with Gasteiger partial charge in [-0.25, -0.2) is 0 Å². The third-order valence-corrected chi connectivity index (χ3v) is 4.01. The highest BCUT2D eigenvalue weighted by Gasteiger charge is 2.06. The normalized spacial score (nSPS) is 11.2. The lowest BCUT2D eigenvalue weighted by atomic mass is 10.1. The van der Waals surface area contributed by atoms with Crippen molar-refractivity contribution in [2.24, 2.45) is 0 Å². The molecule has 0 atom stereocenters. The van der Waals surface area contributed by atoms with Gasteiger partial charge in [-0.1, -0.05) is 24.3 Å². The van der Waals surface area contributed by atoms with Gasteiger partial charge in [-0.2, -0.15) is 0 Å². The fourth-order valence-electron chi connectivity index (χ4n) is 2.38. The molecule has 2 aromatic heterocycles. The summed E-state index contributed by atoms with van der Waals surface area (Å²) in [4.78, 5) is 1.40. The van der Waals surface area contributed by atoms with Crippen LogP contribution in [-0.2, 0) is 13.1 Å². The highest BCUT2D eigenvalue weighted by molar-refractivity contribution is 7.09. The molecule has 0 unspecified atom stereocenters. The van der Waals surface area contributed by atoms with Crippen molar-refractivity contribution in [3.8, 4) is 0 Å². The van der Waals surface area contributed by atoms with Gasteiger partial charge in [0, 0.05) is 17.6 Å². The zero-order valence-electron chi connectivity index (χ0n) is 10.4. The molecule has 2 nitrogen and oxygen atoms in total. The average Bonchev–Trinajstić information content (AvgIpc) is 3.01. The molecule has 0 amide bonds. The van der Waals surface area contributed by atoms with E-state index >= 15 is 0 Å². The Hall–Kier alpha value is -1.58. The lowest BCUT2D eigenvalue weighted by Crippen LogP contribution is -2.07. The predicted octanol–water partition coefficient (Wildman–Crippen LogP) is 3.47. The second kappa shape index (κ2) is 4.96. The van der Waals surface area contributed by atoms with E-state index in [-0.39, 0.29) is 0 Å². The molecule has 0 aliphatic carbocycles. The smallest absolute Gasteiger partial charge is 0.0569 e. The lowest BCUT2D eigenvalue weighted by Gasteiger charge is -2.08. The van der Waals surface area contributed by atoms with Crippen LogP contribution >= 0.6 is 11.3 Å². The molecule has 0 bridgehead atoms. The number of hydrogen-bond acceptors (Lipinski definition) is 2. The molecular formula is C15H16N2S. The molecule has 0 fully saturated rings. The van der Waals surface area contributed by atoms with Crippen LogP contribution in [0.1, 0.15) is 10.4 Å². The molecule has 3 aromatic rings. The van der Waals surface area contributed by atoms with Crippen LogP contribution in [0.5, 0.6) is 0 Å². The van der Waals surface area contributed by atoms with Gasteiger partial charge >= 0.3 is 0 Å². The van der Waals surface area contributed by atoms with Crippen LogP contribution in [0.3, 0.4) is 0 Å². The van der Waals surface area contributed by atoms with E-state index in [1.54, 1.807) is 0 Å². The molecule has 3 heteroatoms. The number of rotatable bonds is 4. The van der Waals surface area contributed by atoms with Crippen LogP contribution in [0.15, 0.2) is 48.0 Å². The summed E-state index contributed by atoms with van der Waals surface area (Å²) in [6.45, 7) is 1.87. The Kier molecular flexibility index (Phi) is 3.17. The molecule has 0 aliphatic heterocycles. The first kappa shape index (κ1) is 11.5. The summed E-state index contributed by atoms with van der Waals surface area (Å²) in [6, 6.07) is 13.0. The van der Waals surface area contributed by atoms with Gasteiger partial charge in [0.1, 0.15) is 0 Å². The minimum Gasteiger partial charge on any atom is -0.342 e. The Morgan fingerprint density at radius 1 is 1.17 bits per heavy atom. The van der Waals surface area contributed by atoms with Crippen LogP contribution in [0.25, 0.3) is 10.9 Å². The maximum atomic E-state index is 3.24. The number of benzene rings is 1. The van der Waals surface area contributed by atoms with E-state index in [4.69, 9.17) is 0 Å². The largest absolute Gasteiger partial charge is 0.342 e. The van der Waals surface area contributed by atoms with E-state index in [9.17, 15) is 0 Å². The Morgan fingerprint density at radius 3 is 2.89 bits per heavy atom. The van der Waals surface area contributed by atoms with Crippen molar-refractivity contribution in [2.45, 2.75) is 13.1 Å². The van der Waals surface area contributed by atoms with Crippen molar-refractivity contribution in [3.63, 3.8) is 0 Å². The maximum Gasteiger partial charge on any atom is 0.0569 e. The fraction of sp³-hybridized carbons (Fsp3) is 0.200. The van der Waals surface area contributed by atoms with E-state index in [0.29, 0.717) is 0 Å². The molecule has 0 saturated heterocycles. The molecule has 2 heterocycles. The topological polar surface area (TPSA) is 17.0 Å². The molecule has 0 saturated carbocycles. The van der Waals surface area contributed by atoms with Gasteiger partial charge in [0.2, 0.25) is 0 Å². The van der Waals surface area contributed by atoms with Gasteiger partial charge < -0.3 is 9.88 Å². The molecule has 92 valence electrons. The van der Waals surface area contributed by atoms with Gasteiger partial charge in [0.05, 0.1) is 12.1 Å². The summed E-state index contributed by atoms with van der Waals surface area (Å²) in [6.07, 6.45) is 2.18. The minimum absolute atomic E-state index is 0.909. The van der Waals surface area contributed by atoms with Crippen LogP contribution in [0.2, 0.25) is 0 Å². The number of aromatic nitrogens is 1. The van der Waals surface area contributed by atoms with Crippen molar-refractivity contribution >= 4 is 22.2 Å². The van der Waals surface area contributed by atoms with E-state index in [1.807, 2.05) is 18.4 Å². The number of thiophene rings is 1. The Morgan fingerprint density at radius 2 is 2.11 bits per heavy atom. The van der Waals surface area contributed by atoms with Crippen molar-refractivity contribution < 1.29 is 0 Å². The maximum absolute atomic E-state index is 3.24. The van der Waals surface area contributed by atoms with Crippen molar-refractivity contribution in [3.05, 3.63) is 58.4 Å². The van der Waals surface area contributed by atoms with Crippen LogP contribution in [0, 0.1) is 0 Å². The molecule has 0 spiro atoms. The predicted molar refractivity (Wildman–Crippen MR) is 78.1 cm³/mol. The zero-order valence-corrected chi connectivity index (χ0v) is 11.2. The molecule has 0 radical (unpaired) electrons. The quantitative estimate of drug-likeness (QED) is 0.756. The first-order valence-electron chi connectivity index (χ1n) is 6.12. The summed E-state index contributed by atoms with van der Waals surface area (Å²) < 4.78 is 2.34. The van der Waals surface area contributed by atoms with Crippen LogP contribution in [-0.4, -0.2) is 11.6 Å². The van der Waals surface area contributed by atoms with Gasteiger partial charge in [0.25, 0.3) is 0 Å².